The Bertz CT molecular complexity index is 1300. The molecule has 0 bridgehead atoms. The van der Waals surface area contributed by atoms with E-state index in [1.807, 2.05) is 27.3 Å². The molecule has 0 radical (unpaired) electrons. The van der Waals surface area contributed by atoms with Crippen molar-refractivity contribution in [3.63, 3.8) is 0 Å². The topological polar surface area (TPSA) is 81.4 Å². The van der Waals surface area contributed by atoms with Gasteiger partial charge in [-0.1, -0.05) is 88.6 Å². The highest BCUT2D eigenvalue weighted by molar-refractivity contribution is 5.80. The number of imidazole rings is 1. The van der Waals surface area contributed by atoms with E-state index in [-0.39, 0.29) is 11.1 Å². The van der Waals surface area contributed by atoms with Crippen LogP contribution in [0.3, 0.4) is 0 Å². The monoisotopic (exact) mass is 456 g/mol. The predicted molar refractivity (Wildman–Crippen MR) is 134 cm³/mol. The van der Waals surface area contributed by atoms with Gasteiger partial charge in [-0.2, -0.15) is 5.21 Å². The van der Waals surface area contributed by atoms with Crippen molar-refractivity contribution >= 4 is 0 Å². The largest absolute Gasteiger partial charge is 0.328 e. The summed E-state index contributed by atoms with van der Waals surface area (Å²) in [6, 6.07) is 16.8. The molecule has 5 rings (SSSR count). The smallest absolute Gasteiger partial charge is 0.296 e. The van der Waals surface area contributed by atoms with Crippen molar-refractivity contribution in [2.75, 3.05) is 0 Å². The Kier molecular flexibility index (Phi) is 5.94. The van der Waals surface area contributed by atoms with Gasteiger partial charge in [0.05, 0.1) is 6.54 Å². The van der Waals surface area contributed by atoms with Crippen LogP contribution >= 0.6 is 0 Å². The van der Waals surface area contributed by atoms with Crippen molar-refractivity contribution in [1.82, 2.24) is 29.8 Å². The Hall–Kier alpha value is -3.48. The molecule has 1 N–H and O–H groups in total. The van der Waals surface area contributed by atoms with Crippen molar-refractivity contribution in [2.45, 2.75) is 70.9 Å². The number of nitrogens with one attached hydrogen (secondary N) is 1. The number of aromatic amines is 1. The lowest BCUT2D eigenvalue weighted by Gasteiger charge is -2.22. The van der Waals surface area contributed by atoms with Crippen LogP contribution in [-0.2, 0) is 12.0 Å². The molecule has 1 saturated carbocycles. The van der Waals surface area contributed by atoms with E-state index >= 15 is 0 Å². The van der Waals surface area contributed by atoms with Gasteiger partial charge < -0.3 is 0 Å². The third-order valence-corrected chi connectivity index (χ3v) is 6.86. The molecule has 34 heavy (non-hydrogen) atoms. The van der Waals surface area contributed by atoms with Crippen LogP contribution in [0.2, 0.25) is 0 Å². The van der Waals surface area contributed by atoms with Gasteiger partial charge in [-0.15, -0.1) is 10.2 Å². The first-order chi connectivity index (χ1) is 16.4. The van der Waals surface area contributed by atoms with Crippen LogP contribution in [-0.4, -0.2) is 29.8 Å². The maximum Gasteiger partial charge on any atom is 0.328 e. The number of hydrogen-bond donors (Lipinski definition) is 1. The number of rotatable bonds is 5. The minimum Gasteiger partial charge on any atom is -0.296 e. The van der Waals surface area contributed by atoms with Gasteiger partial charge in [-0.25, -0.2) is 4.79 Å². The molecule has 2 aromatic carbocycles. The summed E-state index contributed by atoms with van der Waals surface area (Å²) < 4.78 is 3.98. The summed E-state index contributed by atoms with van der Waals surface area (Å²) in [7, 11) is 0. The van der Waals surface area contributed by atoms with Crippen LogP contribution in [0.4, 0.5) is 0 Å². The van der Waals surface area contributed by atoms with Gasteiger partial charge in [0.1, 0.15) is 0 Å². The lowest BCUT2D eigenvalue weighted by atomic mass is 9.92. The van der Waals surface area contributed by atoms with Crippen LogP contribution in [0, 0.1) is 0 Å². The molecule has 2 aromatic heterocycles. The van der Waals surface area contributed by atoms with Gasteiger partial charge in [-0.05, 0) is 34.7 Å². The molecule has 0 unspecified atom stereocenters. The first-order valence-corrected chi connectivity index (χ1v) is 12.2. The summed E-state index contributed by atoms with van der Waals surface area (Å²) >= 11 is 0. The van der Waals surface area contributed by atoms with Gasteiger partial charge >= 0.3 is 5.69 Å². The fourth-order valence-corrected chi connectivity index (χ4v) is 5.05. The van der Waals surface area contributed by atoms with Crippen molar-refractivity contribution in [3.8, 4) is 22.5 Å². The Morgan fingerprint density at radius 1 is 0.971 bits per heavy atom. The molecule has 7 heteroatoms. The number of nitrogens with zero attached hydrogens (tertiary/aromatic N) is 5. The van der Waals surface area contributed by atoms with Crippen molar-refractivity contribution < 1.29 is 0 Å². The van der Waals surface area contributed by atoms with E-state index in [1.165, 1.54) is 19.3 Å². The second-order valence-electron chi connectivity index (χ2n) is 10.3. The van der Waals surface area contributed by atoms with Crippen molar-refractivity contribution in [1.29, 1.82) is 0 Å². The van der Waals surface area contributed by atoms with Gasteiger partial charge in [0.2, 0.25) is 5.82 Å². The van der Waals surface area contributed by atoms with Crippen LogP contribution in [0.15, 0.2) is 59.5 Å². The Morgan fingerprint density at radius 3 is 2.32 bits per heavy atom. The molecule has 1 aliphatic rings. The average Bonchev–Trinajstić information content (AvgIpc) is 3.49. The fraction of sp³-hybridized carbons (Fsp3) is 0.407. The molecule has 1 fully saturated rings. The normalized spacial score (nSPS) is 15.0. The molecule has 7 nitrogen and oxygen atoms in total. The third-order valence-electron chi connectivity index (χ3n) is 6.86. The summed E-state index contributed by atoms with van der Waals surface area (Å²) in [5.41, 5.74) is 5.26. The number of aromatic nitrogens is 6. The molecule has 0 atom stereocenters. The first kappa shape index (κ1) is 22.3. The predicted octanol–water partition coefficient (Wildman–Crippen LogP) is 5.35. The summed E-state index contributed by atoms with van der Waals surface area (Å²) in [5, 5.41) is 14.5. The van der Waals surface area contributed by atoms with E-state index in [9.17, 15) is 4.79 Å². The molecule has 1 aliphatic carbocycles. The van der Waals surface area contributed by atoms with E-state index < -0.39 is 0 Å². The molecular formula is C27H32N6O. The zero-order valence-corrected chi connectivity index (χ0v) is 20.2. The van der Waals surface area contributed by atoms with Crippen LogP contribution in [0.25, 0.3) is 22.5 Å². The maximum absolute atomic E-state index is 13.5. The SMILES string of the molecule is CC(C)(C)c1cn(C2CCCCC2)c(=O)n1Cc1ccc(-c2ccccc2-c2nn[nH]n2)cc1. The standard InChI is InChI=1S/C27H32N6O/c1-27(2,3)24-18-32(21-9-5-4-6-10-21)26(34)33(24)17-19-13-15-20(16-14-19)22-11-7-8-12-23(22)25-28-30-31-29-25/h7-8,11-16,18,21H,4-6,9-10,17H2,1-3H3,(H,28,29,30,31). The van der Waals surface area contributed by atoms with E-state index in [2.05, 4.69) is 77.9 Å². The second-order valence-corrected chi connectivity index (χ2v) is 10.3. The van der Waals surface area contributed by atoms with Gasteiger partial charge in [0.25, 0.3) is 0 Å². The molecule has 0 amide bonds. The third kappa shape index (κ3) is 4.34. The summed E-state index contributed by atoms with van der Waals surface area (Å²) in [5.74, 6) is 0.574. The van der Waals surface area contributed by atoms with Gasteiger partial charge in [-0.3, -0.25) is 9.13 Å². The highest BCUT2D eigenvalue weighted by Crippen LogP contribution is 2.31. The number of tetrazole rings is 1. The van der Waals surface area contributed by atoms with Crippen molar-refractivity contribution in [2.24, 2.45) is 0 Å². The van der Waals surface area contributed by atoms with Crippen LogP contribution < -0.4 is 5.69 Å². The molecule has 2 heterocycles. The first-order valence-electron chi connectivity index (χ1n) is 12.2. The van der Waals surface area contributed by atoms with E-state index in [0.717, 1.165) is 40.8 Å². The zero-order chi connectivity index (χ0) is 23.7. The van der Waals surface area contributed by atoms with Gasteiger partial charge in [0, 0.05) is 28.9 Å². The molecular weight excluding hydrogens is 424 g/mol. The lowest BCUT2D eigenvalue weighted by molar-refractivity contribution is 0.344. The molecule has 0 saturated heterocycles. The molecule has 4 aromatic rings. The number of H-pyrrole nitrogens is 1. The quantitative estimate of drug-likeness (QED) is 0.439. The number of benzene rings is 2. The Labute approximate surface area is 199 Å². The Balaban J connectivity index is 1.46. The van der Waals surface area contributed by atoms with Crippen molar-refractivity contribution in [3.05, 3.63) is 76.5 Å². The van der Waals surface area contributed by atoms with E-state index in [0.29, 0.717) is 18.4 Å². The zero-order valence-electron chi connectivity index (χ0n) is 20.2. The number of hydrogen-bond acceptors (Lipinski definition) is 4. The average molecular weight is 457 g/mol. The lowest BCUT2D eigenvalue weighted by Crippen LogP contribution is -2.30. The fourth-order valence-electron chi connectivity index (χ4n) is 5.05. The highest BCUT2D eigenvalue weighted by Gasteiger charge is 2.26. The molecule has 176 valence electrons. The Morgan fingerprint density at radius 2 is 1.68 bits per heavy atom. The summed E-state index contributed by atoms with van der Waals surface area (Å²) in [6.07, 6.45) is 8.01. The van der Waals surface area contributed by atoms with Crippen LogP contribution in [0.1, 0.15) is 70.2 Å². The van der Waals surface area contributed by atoms with Crippen LogP contribution in [0.5, 0.6) is 0 Å². The minimum atomic E-state index is -0.109. The van der Waals surface area contributed by atoms with E-state index in [1.54, 1.807) is 0 Å². The summed E-state index contributed by atoms with van der Waals surface area (Å²) in [4.78, 5) is 13.5. The maximum atomic E-state index is 13.5. The minimum absolute atomic E-state index is 0.109. The highest BCUT2D eigenvalue weighted by atomic mass is 16.1. The van der Waals surface area contributed by atoms with E-state index in [4.69, 9.17) is 0 Å². The summed E-state index contributed by atoms with van der Waals surface area (Å²) in [6.45, 7) is 7.11. The second kappa shape index (κ2) is 9.05. The molecule has 0 spiro atoms. The molecule has 0 aliphatic heterocycles. The van der Waals surface area contributed by atoms with Gasteiger partial charge in [0.15, 0.2) is 0 Å².